The fourth-order valence-corrected chi connectivity index (χ4v) is 4.18. The number of halogens is 2. The summed E-state index contributed by atoms with van der Waals surface area (Å²) < 4.78 is 26.2. The highest BCUT2D eigenvalue weighted by atomic mass is 35.5. The number of nitrogens with two attached hydrogens (primary N) is 1. The van der Waals surface area contributed by atoms with E-state index in [1.807, 2.05) is 0 Å². The van der Waals surface area contributed by atoms with E-state index in [-0.39, 0.29) is 33.7 Å². The van der Waals surface area contributed by atoms with Crippen LogP contribution in [0.3, 0.4) is 0 Å². The molecule has 1 heterocycles. The summed E-state index contributed by atoms with van der Waals surface area (Å²) in [5.74, 6) is 0. The van der Waals surface area contributed by atoms with Gasteiger partial charge in [-0.15, -0.1) is 0 Å². The van der Waals surface area contributed by atoms with E-state index in [4.69, 9.17) is 28.9 Å². The Hall–Kier alpha value is -0.530. The molecule has 0 spiro atoms. The van der Waals surface area contributed by atoms with Crippen molar-refractivity contribution in [3.8, 4) is 0 Å². The first-order chi connectivity index (χ1) is 8.84. The summed E-state index contributed by atoms with van der Waals surface area (Å²) in [5.41, 5.74) is 5.70. The molecule has 1 aliphatic rings. The molecule has 0 aromatic heterocycles. The highest BCUT2D eigenvalue weighted by Gasteiger charge is 2.31. The summed E-state index contributed by atoms with van der Waals surface area (Å²) in [4.78, 5) is -0.0487. The summed E-state index contributed by atoms with van der Waals surface area (Å²) in [5, 5.41) is 9.58. The first-order valence-corrected chi connectivity index (χ1v) is 7.95. The third kappa shape index (κ3) is 2.83. The van der Waals surface area contributed by atoms with Gasteiger partial charge in [-0.25, -0.2) is 8.42 Å². The second-order valence-corrected chi connectivity index (χ2v) is 7.10. The van der Waals surface area contributed by atoms with Crippen LogP contribution < -0.4 is 5.73 Å². The fourth-order valence-electron chi connectivity index (χ4n) is 1.97. The number of hydrogen-bond donors (Lipinski definition) is 2. The van der Waals surface area contributed by atoms with Gasteiger partial charge in [0.05, 0.1) is 21.8 Å². The molecule has 0 amide bonds. The van der Waals surface area contributed by atoms with Crippen molar-refractivity contribution in [2.45, 2.75) is 23.8 Å². The lowest BCUT2D eigenvalue weighted by molar-refractivity contribution is 0.113. The predicted octanol–water partition coefficient (Wildman–Crippen LogP) is 1.72. The molecule has 0 saturated carbocycles. The maximum absolute atomic E-state index is 12.4. The molecule has 1 aliphatic heterocycles. The molecule has 8 heteroatoms. The Morgan fingerprint density at radius 3 is 2.42 bits per heavy atom. The first-order valence-electron chi connectivity index (χ1n) is 5.75. The van der Waals surface area contributed by atoms with Crippen LogP contribution in [0, 0.1) is 0 Å². The minimum atomic E-state index is -3.70. The van der Waals surface area contributed by atoms with Crippen molar-refractivity contribution >= 4 is 38.9 Å². The smallest absolute Gasteiger partial charge is 0.244 e. The van der Waals surface area contributed by atoms with Gasteiger partial charge in [-0.3, -0.25) is 0 Å². The van der Waals surface area contributed by atoms with Crippen LogP contribution in [0.2, 0.25) is 10.0 Å². The Balaban J connectivity index is 2.38. The van der Waals surface area contributed by atoms with E-state index in [0.29, 0.717) is 12.8 Å². The lowest BCUT2D eigenvalue weighted by Crippen LogP contribution is -2.40. The highest BCUT2D eigenvalue weighted by Crippen LogP contribution is 2.35. The van der Waals surface area contributed by atoms with Gasteiger partial charge in [0.1, 0.15) is 4.90 Å². The van der Waals surface area contributed by atoms with E-state index in [1.165, 1.54) is 16.4 Å². The topological polar surface area (TPSA) is 83.6 Å². The molecule has 3 N–H and O–H groups in total. The number of rotatable bonds is 2. The van der Waals surface area contributed by atoms with Gasteiger partial charge in [0.15, 0.2) is 0 Å². The zero-order chi connectivity index (χ0) is 14.2. The molecule has 1 saturated heterocycles. The Kier molecular flexibility index (Phi) is 4.27. The lowest BCUT2D eigenvalue weighted by atomic mass is 10.1. The third-order valence-electron chi connectivity index (χ3n) is 3.13. The van der Waals surface area contributed by atoms with Gasteiger partial charge < -0.3 is 10.8 Å². The molecule has 1 aromatic rings. The van der Waals surface area contributed by atoms with E-state index < -0.39 is 16.1 Å². The summed E-state index contributed by atoms with van der Waals surface area (Å²) in [6.45, 7) is 0.532. The van der Waals surface area contributed by atoms with Crippen LogP contribution in [0.15, 0.2) is 17.0 Å². The van der Waals surface area contributed by atoms with Crippen molar-refractivity contribution in [3.05, 3.63) is 22.2 Å². The standard InChI is InChI=1S/C11H14Cl2N2O3S/c12-8-1-2-9(10(13)11(8)14)19(17,18)15-5-3-7(16)4-6-15/h1-2,7,16H,3-6,14H2. The third-order valence-corrected chi connectivity index (χ3v) is 5.92. The number of aliphatic hydroxyl groups excluding tert-OH is 1. The van der Waals surface area contributed by atoms with Crippen molar-refractivity contribution in [2.75, 3.05) is 18.8 Å². The van der Waals surface area contributed by atoms with Gasteiger partial charge in [-0.1, -0.05) is 23.2 Å². The molecule has 19 heavy (non-hydrogen) atoms. The number of aliphatic hydroxyl groups is 1. The Bertz CT molecular complexity index is 584. The predicted molar refractivity (Wildman–Crippen MR) is 74.9 cm³/mol. The maximum Gasteiger partial charge on any atom is 0.244 e. The molecule has 1 aromatic carbocycles. The zero-order valence-corrected chi connectivity index (χ0v) is 12.3. The van der Waals surface area contributed by atoms with Crippen LogP contribution in [0.5, 0.6) is 0 Å². The van der Waals surface area contributed by atoms with Crippen molar-refractivity contribution < 1.29 is 13.5 Å². The van der Waals surface area contributed by atoms with Crippen molar-refractivity contribution in [1.82, 2.24) is 4.31 Å². The number of benzene rings is 1. The second kappa shape index (κ2) is 5.46. The van der Waals surface area contributed by atoms with E-state index in [2.05, 4.69) is 0 Å². The largest absolute Gasteiger partial charge is 0.396 e. The van der Waals surface area contributed by atoms with Gasteiger partial charge in [0, 0.05) is 13.1 Å². The quantitative estimate of drug-likeness (QED) is 0.811. The van der Waals surface area contributed by atoms with Gasteiger partial charge in [0.2, 0.25) is 10.0 Å². The molecule has 0 bridgehead atoms. The molecule has 106 valence electrons. The van der Waals surface area contributed by atoms with Crippen LogP contribution >= 0.6 is 23.2 Å². The number of piperidine rings is 1. The number of sulfonamides is 1. The van der Waals surface area contributed by atoms with E-state index in [1.54, 1.807) is 0 Å². The normalized spacial score (nSPS) is 18.7. The van der Waals surface area contributed by atoms with Crippen molar-refractivity contribution in [1.29, 1.82) is 0 Å². The molecule has 1 fully saturated rings. The van der Waals surface area contributed by atoms with E-state index in [0.717, 1.165) is 0 Å². The van der Waals surface area contributed by atoms with Gasteiger partial charge in [-0.05, 0) is 25.0 Å². The van der Waals surface area contributed by atoms with E-state index in [9.17, 15) is 13.5 Å². The number of anilines is 1. The summed E-state index contributed by atoms with van der Waals surface area (Å²) in [6.07, 6.45) is 0.386. The summed E-state index contributed by atoms with van der Waals surface area (Å²) in [6, 6.07) is 2.76. The highest BCUT2D eigenvalue weighted by molar-refractivity contribution is 7.89. The van der Waals surface area contributed by atoms with Gasteiger partial charge in [-0.2, -0.15) is 4.31 Å². The molecule has 5 nitrogen and oxygen atoms in total. The minimum Gasteiger partial charge on any atom is -0.396 e. The lowest BCUT2D eigenvalue weighted by Gasteiger charge is -2.29. The number of hydrogen-bond acceptors (Lipinski definition) is 4. The van der Waals surface area contributed by atoms with E-state index >= 15 is 0 Å². The van der Waals surface area contributed by atoms with Crippen molar-refractivity contribution in [3.63, 3.8) is 0 Å². The molecule has 2 rings (SSSR count). The first kappa shape index (κ1) is 14.9. The van der Waals surface area contributed by atoms with Crippen LogP contribution in [-0.2, 0) is 10.0 Å². The number of nitrogen functional groups attached to an aromatic ring is 1. The molecular weight excluding hydrogens is 311 g/mol. The molecule has 0 unspecified atom stereocenters. The molecule has 0 aliphatic carbocycles. The summed E-state index contributed by atoms with van der Waals surface area (Å²) in [7, 11) is -3.70. The molecule has 0 radical (unpaired) electrons. The van der Waals surface area contributed by atoms with Crippen LogP contribution in [0.4, 0.5) is 5.69 Å². The monoisotopic (exact) mass is 324 g/mol. The maximum atomic E-state index is 12.4. The Morgan fingerprint density at radius 2 is 1.84 bits per heavy atom. The Labute approximate surface area is 122 Å². The average molecular weight is 325 g/mol. The summed E-state index contributed by atoms with van der Waals surface area (Å²) >= 11 is 11.8. The van der Waals surface area contributed by atoms with Crippen LogP contribution in [0.25, 0.3) is 0 Å². The van der Waals surface area contributed by atoms with Crippen LogP contribution in [0.1, 0.15) is 12.8 Å². The van der Waals surface area contributed by atoms with Gasteiger partial charge in [0.25, 0.3) is 0 Å². The second-order valence-electron chi connectivity index (χ2n) is 4.41. The minimum absolute atomic E-state index is 0.0487. The number of nitrogens with zero attached hydrogens (tertiary/aromatic N) is 1. The fraction of sp³-hybridized carbons (Fsp3) is 0.455. The average Bonchev–Trinajstić information content (AvgIpc) is 2.36. The Morgan fingerprint density at radius 1 is 1.26 bits per heavy atom. The van der Waals surface area contributed by atoms with Gasteiger partial charge >= 0.3 is 0 Å². The SMILES string of the molecule is Nc1c(Cl)ccc(S(=O)(=O)N2CCC(O)CC2)c1Cl. The molecular formula is C11H14Cl2N2O3S. The van der Waals surface area contributed by atoms with Crippen molar-refractivity contribution in [2.24, 2.45) is 0 Å². The zero-order valence-electron chi connectivity index (χ0n) is 10.0. The molecule has 0 atom stereocenters. The van der Waals surface area contributed by atoms with Crippen LogP contribution in [-0.4, -0.2) is 37.0 Å².